The van der Waals surface area contributed by atoms with Crippen LogP contribution in [0.15, 0.2) is 30.3 Å². The zero-order chi connectivity index (χ0) is 18.9. The van der Waals surface area contributed by atoms with Gasteiger partial charge in [0.15, 0.2) is 0 Å². The van der Waals surface area contributed by atoms with E-state index in [0.29, 0.717) is 0 Å². The van der Waals surface area contributed by atoms with Gasteiger partial charge in [0.05, 0.1) is 0 Å². The van der Waals surface area contributed by atoms with Crippen LogP contribution >= 0.6 is 0 Å². The molecule has 0 aliphatic heterocycles. The van der Waals surface area contributed by atoms with Crippen molar-refractivity contribution >= 4 is 39.9 Å². The molecule has 0 saturated heterocycles. The predicted octanol–water partition coefficient (Wildman–Crippen LogP) is 4.87. The predicted molar refractivity (Wildman–Crippen MR) is 102 cm³/mol. The maximum atomic E-state index is 9.43. The third-order valence-corrected chi connectivity index (χ3v) is 4.47. The molecule has 0 aromatic heterocycles. The summed E-state index contributed by atoms with van der Waals surface area (Å²) >= 11 is 1.38. The number of carbonyl (C=O) groups is 2. The average molecular weight is 358 g/mol. The summed E-state index contributed by atoms with van der Waals surface area (Å²) in [5, 5.41) is 15.4. The molecule has 0 spiro atoms. The van der Waals surface area contributed by atoms with Crippen molar-refractivity contribution in [1.82, 2.24) is 0 Å². The van der Waals surface area contributed by atoms with Gasteiger partial charge >= 0.3 is 125 Å². The molecular formula is C20H31NaO4. The number of benzene rings is 1. The molecule has 1 rings (SSSR count). The van der Waals surface area contributed by atoms with Crippen LogP contribution in [0, 0.1) is 0 Å². The van der Waals surface area contributed by atoms with Gasteiger partial charge in [-0.3, -0.25) is 9.59 Å². The molecule has 1 aromatic carbocycles. The molecule has 0 fully saturated rings. The molecule has 5 heteroatoms. The monoisotopic (exact) mass is 358 g/mol. The van der Waals surface area contributed by atoms with E-state index >= 15 is 0 Å². The molecule has 0 heterocycles. The van der Waals surface area contributed by atoms with Crippen LogP contribution in [0.25, 0.3) is 0 Å². The summed E-state index contributed by atoms with van der Waals surface area (Å²) < 4.78 is 1.02. The Hall–Kier alpha value is -0.840. The SMILES string of the molecule is C[CH]([Na])CCCCCCCCCc1ccccc1.O=C(O)CC(=O)O. The number of carboxylic acid groups (broad SMARTS) is 2. The summed E-state index contributed by atoms with van der Waals surface area (Å²) in [7, 11) is 0. The van der Waals surface area contributed by atoms with Gasteiger partial charge in [-0.25, -0.2) is 0 Å². The van der Waals surface area contributed by atoms with E-state index in [-0.39, 0.29) is 0 Å². The van der Waals surface area contributed by atoms with Gasteiger partial charge in [-0.2, -0.15) is 0 Å². The molecule has 1 atom stereocenters. The fourth-order valence-electron chi connectivity index (χ4n) is 2.54. The first-order valence-electron chi connectivity index (χ1n) is 9.39. The fraction of sp³-hybridized carbons (Fsp3) is 0.600. The third-order valence-electron chi connectivity index (χ3n) is 3.89. The van der Waals surface area contributed by atoms with Crippen molar-refractivity contribution in [1.29, 1.82) is 0 Å². The second-order valence-electron chi connectivity index (χ2n) is 6.86. The van der Waals surface area contributed by atoms with Crippen LogP contribution in [0.1, 0.15) is 70.3 Å². The molecular weight excluding hydrogens is 327 g/mol. The number of unbranched alkanes of at least 4 members (excludes halogenated alkanes) is 6. The number of aryl methyl sites for hydroxylation is 1. The maximum absolute atomic E-state index is 9.43. The zero-order valence-corrected chi connectivity index (χ0v) is 17.7. The van der Waals surface area contributed by atoms with Gasteiger partial charge in [0.2, 0.25) is 0 Å². The zero-order valence-electron chi connectivity index (χ0n) is 15.7. The first kappa shape index (κ1) is 24.2. The van der Waals surface area contributed by atoms with Crippen molar-refractivity contribution in [3.8, 4) is 0 Å². The molecule has 25 heavy (non-hydrogen) atoms. The van der Waals surface area contributed by atoms with Crippen LogP contribution in [0.5, 0.6) is 0 Å². The minimum Gasteiger partial charge on any atom is -0.481 e. The minimum atomic E-state index is -1.31. The molecule has 4 nitrogen and oxygen atoms in total. The molecule has 0 amide bonds. The van der Waals surface area contributed by atoms with Crippen LogP contribution in [0.3, 0.4) is 0 Å². The first-order chi connectivity index (χ1) is 11.9. The standard InChI is InChI=1S/C17H27.C3H4O4.Na/c1-2-3-4-5-6-7-8-9-11-14-17-15-12-10-13-16-17;4-2(5)1-3(6)7;/h2,10,12-13,15-16H,3-9,11,14H2,1H3;1H2,(H,4,5)(H,6,7);. The topological polar surface area (TPSA) is 74.6 Å². The summed E-state index contributed by atoms with van der Waals surface area (Å²) in [6.07, 6.45) is 12.0. The number of carboxylic acids is 2. The molecule has 2 N–H and O–H groups in total. The van der Waals surface area contributed by atoms with Crippen LogP contribution in [0.2, 0.25) is 3.17 Å². The second kappa shape index (κ2) is 16.6. The Morgan fingerprint density at radius 3 is 1.80 bits per heavy atom. The number of hydrogen-bond acceptors (Lipinski definition) is 2. The normalized spacial score (nSPS) is 11.3. The Bertz CT molecular complexity index is 448. The van der Waals surface area contributed by atoms with E-state index < -0.39 is 18.4 Å². The van der Waals surface area contributed by atoms with Crippen LogP contribution in [-0.4, -0.2) is 50.1 Å². The van der Waals surface area contributed by atoms with Gasteiger partial charge in [0.25, 0.3) is 0 Å². The van der Waals surface area contributed by atoms with Gasteiger partial charge in [-0.15, -0.1) is 0 Å². The fourth-order valence-corrected chi connectivity index (χ4v) is 2.95. The molecule has 0 radical (unpaired) electrons. The first-order valence-corrected chi connectivity index (χ1v) is 10.5. The summed E-state index contributed by atoms with van der Waals surface area (Å²) in [5.41, 5.74) is 1.50. The summed E-state index contributed by atoms with van der Waals surface area (Å²) in [4.78, 5) is 18.9. The number of hydrogen-bond donors (Lipinski definition) is 2. The number of rotatable bonds is 12. The van der Waals surface area contributed by atoms with Crippen molar-refractivity contribution < 1.29 is 19.8 Å². The molecule has 0 aliphatic carbocycles. The van der Waals surface area contributed by atoms with Gasteiger partial charge in [-0.05, 0) is 0 Å². The molecule has 1 aromatic rings. The summed E-state index contributed by atoms with van der Waals surface area (Å²) in [6.45, 7) is 2.38. The van der Waals surface area contributed by atoms with E-state index in [4.69, 9.17) is 10.2 Å². The molecule has 1 unspecified atom stereocenters. The molecule has 136 valence electrons. The average Bonchev–Trinajstić information content (AvgIpc) is 2.53. The molecule has 0 bridgehead atoms. The Morgan fingerprint density at radius 1 is 0.880 bits per heavy atom. The summed E-state index contributed by atoms with van der Waals surface area (Å²) in [5.74, 6) is -2.62. The Morgan fingerprint density at radius 2 is 1.36 bits per heavy atom. The van der Waals surface area contributed by atoms with Crippen molar-refractivity contribution in [3.63, 3.8) is 0 Å². The van der Waals surface area contributed by atoms with Gasteiger partial charge in [0.1, 0.15) is 6.42 Å². The Labute approximate surface area is 169 Å². The summed E-state index contributed by atoms with van der Waals surface area (Å²) in [6, 6.07) is 10.9. The minimum absolute atomic E-state index is 0.806. The number of aliphatic carboxylic acids is 2. The molecule has 0 aliphatic rings. The third kappa shape index (κ3) is 19.3. The quantitative estimate of drug-likeness (QED) is 0.317. The van der Waals surface area contributed by atoms with E-state index in [1.165, 1.54) is 91.3 Å². The van der Waals surface area contributed by atoms with Crippen molar-refractivity contribution in [3.05, 3.63) is 35.9 Å². The Kier molecular flexibility index (Phi) is 16.1. The van der Waals surface area contributed by atoms with Crippen molar-refractivity contribution in [2.75, 3.05) is 0 Å². The van der Waals surface area contributed by atoms with E-state index in [2.05, 4.69) is 37.3 Å². The van der Waals surface area contributed by atoms with Gasteiger partial charge < -0.3 is 10.2 Å². The Balaban J connectivity index is 0.000000697. The van der Waals surface area contributed by atoms with Crippen LogP contribution in [0.4, 0.5) is 0 Å². The van der Waals surface area contributed by atoms with Crippen molar-refractivity contribution in [2.45, 2.75) is 74.3 Å². The van der Waals surface area contributed by atoms with E-state index in [1.807, 2.05) is 0 Å². The van der Waals surface area contributed by atoms with Crippen LogP contribution < -0.4 is 0 Å². The smallest absolute Gasteiger partial charge is 0.481 e. The van der Waals surface area contributed by atoms with E-state index in [9.17, 15) is 9.59 Å². The molecule has 0 saturated carbocycles. The van der Waals surface area contributed by atoms with Gasteiger partial charge in [-0.1, -0.05) is 18.2 Å². The second-order valence-corrected chi connectivity index (χ2v) is 8.83. The van der Waals surface area contributed by atoms with Crippen LogP contribution in [-0.2, 0) is 16.0 Å². The van der Waals surface area contributed by atoms with Crippen molar-refractivity contribution in [2.24, 2.45) is 0 Å². The van der Waals surface area contributed by atoms with E-state index in [0.717, 1.165) is 3.17 Å². The van der Waals surface area contributed by atoms with E-state index in [1.54, 1.807) is 0 Å². The van der Waals surface area contributed by atoms with Gasteiger partial charge in [0, 0.05) is 0 Å².